The lowest BCUT2D eigenvalue weighted by Crippen LogP contribution is -2.33. The highest BCUT2D eigenvalue weighted by atomic mass is 19.1. The number of hydrogen-bond donors (Lipinski definition) is 4. The molecule has 0 spiro atoms. The van der Waals surface area contributed by atoms with Gasteiger partial charge in [-0.1, -0.05) is 0 Å². The standard InChI is InChI=1S/C22H15F3N8O/c23-11-2-1-10(15(25)5-11)8-34-16-6-12(24)3-4-13(16)19-17-18(28)14(7-26)20(29)32-21(17)33-22(31-19)30-9-27/h1-6,19H,8H2,(H6,28,29,30,31,32,33). The molecule has 34 heavy (non-hydrogen) atoms. The number of guanidine groups is 1. The van der Waals surface area contributed by atoms with Crippen molar-refractivity contribution in [1.82, 2.24) is 10.3 Å². The third-order valence-electron chi connectivity index (χ3n) is 5.03. The predicted molar refractivity (Wildman–Crippen MR) is 117 cm³/mol. The molecule has 9 nitrogen and oxygen atoms in total. The van der Waals surface area contributed by atoms with Gasteiger partial charge in [0, 0.05) is 28.8 Å². The van der Waals surface area contributed by atoms with E-state index in [1.807, 2.05) is 6.07 Å². The molecule has 1 aliphatic heterocycles. The highest BCUT2D eigenvalue weighted by Crippen LogP contribution is 2.43. The van der Waals surface area contributed by atoms with Crippen LogP contribution < -0.4 is 26.8 Å². The van der Waals surface area contributed by atoms with E-state index < -0.39 is 23.5 Å². The summed E-state index contributed by atoms with van der Waals surface area (Å²) in [5, 5.41) is 23.6. The van der Waals surface area contributed by atoms with Crippen LogP contribution in [-0.4, -0.2) is 10.9 Å². The largest absolute Gasteiger partial charge is 0.488 e. The predicted octanol–water partition coefficient (Wildman–Crippen LogP) is 3.06. The molecule has 0 aliphatic carbocycles. The van der Waals surface area contributed by atoms with Crippen LogP contribution in [0.5, 0.6) is 5.75 Å². The molecule has 0 fully saturated rings. The minimum Gasteiger partial charge on any atom is -0.488 e. The maximum Gasteiger partial charge on any atom is 0.211 e. The molecule has 2 aromatic carbocycles. The monoisotopic (exact) mass is 464 g/mol. The number of hydrogen-bond acceptors (Lipinski definition) is 9. The Morgan fingerprint density at radius 1 is 1.09 bits per heavy atom. The van der Waals surface area contributed by atoms with Crippen molar-refractivity contribution >= 4 is 23.3 Å². The van der Waals surface area contributed by atoms with Gasteiger partial charge in [0.15, 0.2) is 6.19 Å². The molecule has 1 aromatic heterocycles. The maximum atomic E-state index is 14.1. The number of aromatic nitrogens is 1. The summed E-state index contributed by atoms with van der Waals surface area (Å²) >= 11 is 0. The molecule has 170 valence electrons. The van der Waals surface area contributed by atoms with Gasteiger partial charge in [0.25, 0.3) is 0 Å². The molecule has 1 unspecified atom stereocenters. The number of nitriles is 2. The number of nitrogens with zero attached hydrogens (tertiary/aromatic N) is 4. The molecule has 0 radical (unpaired) electrons. The molecule has 0 bridgehead atoms. The third kappa shape index (κ3) is 4.08. The zero-order valence-corrected chi connectivity index (χ0v) is 17.2. The summed E-state index contributed by atoms with van der Waals surface area (Å²) in [7, 11) is 0. The van der Waals surface area contributed by atoms with E-state index in [9.17, 15) is 18.4 Å². The van der Waals surface area contributed by atoms with E-state index in [-0.39, 0.29) is 57.9 Å². The smallest absolute Gasteiger partial charge is 0.211 e. The van der Waals surface area contributed by atoms with Gasteiger partial charge in [-0.25, -0.2) is 23.1 Å². The lowest BCUT2D eigenvalue weighted by molar-refractivity contribution is 0.294. The van der Waals surface area contributed by atoms with Gasteiger partial charge in [0.05, 0.1) is 5.69 Å². The van der Waals surface area contributed by atoms with E-state index in [4.69, 9.17) is 21.5 Å². The molecule has 0 amide bonds. The normalized spacial score (nSPS) is 14.1. The van der Waals surface area contributed by atoms with E-state index >= 15 is 0 Å². The SMILES string of the molecule is N#CNC1=NC(c2ccc(F)cc2OCc2ccc(F)cc2F)c2c(nc(N)c(C#N)c2N)N1. The second-order valence-electron chi connectivity index (χ2n) is 7.11. The van der Waals surface area contributed by atoms with Crippen LogP contribution in [0.1, 0.15) is 28.3 Å². The van der Waals surface area contributed by atoms with Crippen molar-refractivity contribution in [3.8, 4) is 18.0 Å². The summed E-state index contributed by atoms with van der Waals surface area (Å²) < 4.78 is 47.1. The van der Waals surface area contributed by atoms with Gasteiger partial charge in [0.1, 0.15) is 59.1 Å². The number of nitrogens with one attached hydrogen (secondary N) is 2. The minimum atomic E-state index is -0.999. The topological polar surface area (TPSA) is 158 Å². The number of pyridine rings is 1. The number of anilines is 3. The molecule has 0 saturated heterocycles. The number of halogens is 3. The zero-order valence-electron chi connectivity index (χ0n) is 17.2. The first kappa shape index (κ1) is 22.2. The van der Waals surface area contributed by atoms with E-state index in [0.29, 0.717) is 6.07 Å². The van der Waals surface area contributed by atoms with Crippen LogP contribution >= 0.6 is 0 Å². The van der Waals surface area contributed by atoms with Gasteiger partial charge in [-0.2, -0.15) is 10.5 Å². The summed E-state index contributed by atoms with van der Waals surface area (Å²) in [6, 6.07) is 7.47. The van der Waals surface area contributed by atoms with Gasteiger partial charge >= 0.3 is 0 Å². The van der Waals surface area contributed by atoms with E-state index in [2.05, 4.69) is 20.6 Å². The number of nitrogen functional groups attached to an aromatic ring is 2. The number of nitrogens with two attached hydrogens (primary N) is 2. The van der Waals surface area contributed by atoms with E-state index in [1.54, 1.807) is 6.19 Å². The lowest BCUT2D eigenvalue weighted by Gasteiger charge is -2.27. The molecule has 2 heterocycles. The van der Waals surface area contributed by atoms with Crippen LogP contribution in [0.2, 0.25) is 0 Å². The van der Waals surface area contributed by atoms with Gasteiger partial charge in [-0.3, -0.25) is 5.32 Å². The van der Waals surface area contributed by atoms with Crippen molar-refractivity contribution in [2.24, 2.45) is 4.99 Å². The molecule has 0 saturated carbocycles. The molecule has 1 atom stereocenters. The Kier molecular flexibility index (Phi) is 5.80. The van der Waals surface area contributed by atoms with Gasteiger partial charge in [-0.15, -0.1) is 0 Å². The zero-order chi connectivity index (χ0) is 24.4. The molecule has 12 heteroatoms. The first-order valence-electron chi connectivity index (χ1n) is 9.67. The summed E-state index contributed by atoms with van der Waals surface area (Å²) in [5.41, 5.74) is 12.5. The minimum absolute atomic E-state index is 0.00383. The van der Waals surface area contributed by atoms with Crippen molar-refractivity contribution in [3.05, 3.63) is 76.1 Å². The Balaban J connectivity index is 1.82. The Bertz CT molecular complexity index is 1410. The van der Waals surface area contributed by atoms with Gasteiger partial charge in [0.2, 0.25) is 5.96 Å². The first-order valence-corrected chi connectivity index (χ1v) is 9.67. The van der Waals surface area contributed by atoms with Crippen LogP contribution in [0.15, 0.2) is 41.4 Å². The number of ether oxygens (including phenoxy) is 1. The third-order valence-corrected chi connectivity index (χ3v) is 5.03. The highest BCUT2D eigenvalue weighted by Gasteiger charge is 2.31. The molecular weight excluding hydrogens is 449 g/mol. The van der Waals surface area contributed by atoms with Crippen molar-refractivity contribution in [1.29, 1.82) is 10.5 Å². The number of rotatable bonds is 4. The number of aliphatic imine (C=N–C) groups is 1. The molecular formula is C22H15F3N8O. The van der Waals surface area contributed by atoms with Crippen molar-refractivity contribution in [3.63, 3.8) is 0 Å². The fraction of sp³-hybridized carbons (Fsp3) is 0.0909. The van der Waals surface area contributed by atoms with Gasteiger partial charge < -0.3 is 21.5 Å². The van der Waals surface area contributed by atoms with E-state index in [0.717, 1.165) is 18.2 Å². The maximum absolute atomic E-state index is 14.1. The Morgan fingerprint density at radius 2 is 1.82 bits per heavy atom. The van der Waals surface area contributed by atoms with Crippen molar-refractivity contribution < 1.29 is 17.9 Å². The van der Waals surface area contributed by atoms with Crippen LogP contribution in [0.4, 0.5) is 30.5 Å². The van der Waals surface area contributed by atoms with Crippen LogP contribution in [0.3, 0.4) is 0 Å². The molecule has 3 aromatic rings. The van der Waals surface area contributed by atoms with Crippen LogP contribution in [0.25, 0.3) is 0 Å². The number of benzene rings is 2. The average Bonchev–Trinajstić information content (AvgIpc) is 2.78. The van der Waals surface area contributed by atoms with Crippen LogP contribution in [0, 0.1) is 40.2 Å². The summed E-state index contributed by atoms with van der Waals surface area (Å²) in [6.45, 7) is -0.341. The van der Waals surface area contributed by atoms with Crippen molar-refractivity contribution in [2.45, 2.75) is 12.6 Å². The quantitative estimate of drug-likeness (QED) is 0.339. The lowest BCUT2D eigenvalue weighted by atomic mass is 9.94. The Labute approximate surface area is 191 Å². The van der Waals surface area contributed by atoms with Crippen LogP contribution in [-0.2, 0) is 6.61 Å². The Morgan fingerprint density at radius 3 is 2.53 bits per heavy atom. The number of fused-ring (bicyclic) bond motifs is 1. The summed E-state index contributed by atoms with van der Waals surface area (Å²) in [6.07, 6.45) is 1.72. The second-order valence-corrected chi connectivity index (χ2v) is 7.11. The van der Waals surface area contributed by atoms with Gasteiger partial charge in [-0.05, 0) is 24.3 Å². The molecule has 6 N–H and O–H groups in total. The highest BCUT2D eigenvalue weighted by molar-refractivity contribution is 5.98. The summed E-state index contributed by atoms with van der Waals surface area (Å²) in [5.74, 6) is -2.25. The Hall–Kier alpha value is -4.97. The fourth-order valence-corrected chi connectivity index (χ4v) is 3.46. The molecule has 4 rings (SSSR count). The fourth-order valence-electron chi connectivity index (χ4n) is 3.46. The first-order chi connectivity index (χ1) is 16.3. The van der Waals surface area contributed by atoms with Crippen molar-refractivity contribution in [2.75, 3.05) is 16.8 Å². The second kappa shape index (κ2) is 8.88. The molecule has 1 aliphatic rings. The van der Waals surface area contributed by atoms with E-state index in [1.165, 1.54) is 12.1 Å². The summed E-state index contributed by atoms with van der Waals surface area (Å²) in [4.78, 5) is 8.55. The average molecular weight is 464 g/mol.